The van der Waals surface area contributed by atoms with Crippen molar-refractivity contribution in [2.45, 2.75) is 77.2 Å². The van der Waals surface area contributed by atoms with Crippen molar-refractivity contribution >= 4 is 11.9 Å². The third-order valence-electron chi connectivity index (χ3n) is 5.50. The minimum absolute atomic E-state index is 0.0398. The Labute approximate surface area is 140 Å². The van der Waals surface area contributed by atoms with Gasteiger partial charge >= 0.3 is 6.03 Å². The van der Waals surface area contributed by atoms with Crippen LogP contribution in [-0.2, 0) is 4.79 Å². The predicted molar refractivity (Wildman–Crippen MR) is 92.0 cm³/mol. The van der Waals surface area contributed by atoms with E-state index in [0.29, 0.717) is 12.6 Å². The molecule has 1 unspecified atom stereocenters. The van der Waals surface area contributed by atoms with Crippen molar-refractivity contribution in [2.75, 3.05) is 20.3 Å². The highest BCUT2D eigenvalue weighted by Crippen LogP contribution is 2.39. The quantitative estimate of drug-likeness (QED) is 0.495. The first-order valence-corrected chi connectivity index (χ1v) is 9.31. The van der Waals surface area contributed by atoms with Gasteiger partial charge in [-0.1, -0.05) is 45.4 Å². The molecule has 0 radical (unpaired) electrons. The second-order valence-electron chi connectivity index (χ2n) is 7.48. The van der Waals surface area contributed by atoms with E-state index in [1.807, 2.05) is 14.0 Å². The number of imide groups is 1. The Morgan fingerprint density at radius 1 is 1.17 bits per heavy atom. The maximum Gasteiger partial charge on any atom is 0.326 e. The molecule has 1 heterocycles. The first-order valence-electron chi connectivity index (χ1n) is 9.31. The standard InChI is InChI=1S/C18H33N3O2/c1-4-5-6-7-8-9-13-20(3)14-21-16(22)18(2,19-17(21)23)15-11-10-12-15/h15H,4-14H2,1-3H3,(H,19,23). The lowest BCUT2D eigenvalue weighted by atomic mass is 9.71. The minimum Gasteiger partial charge on any atom is -0.323 e. The van der Waals surface area contributed by atoms with Gasteiger partial charge in [0.1, 0.15) is 5.54 Å². The number of nitrogens with zero attached hydrogens (tertiary/aromatic N) is 2. The second kappa shape index (κ2) is 8.13. The van der Waals surface area contributed by atoms with Crippen LogP contribution in [0.2, 0.25) is 0 Å². The normalized spacial score (nSPS) is 25.1. The molecule has 0 aromatic carbocycles. The summed E-state index contributed by atoms with van der Waals surface area (Å²) >= 11 is 0. The number of hydrogen-bond acceptors (Lipinski definition) is 3. The molecular formula is C18H33N3O2. The van der Waals surface area contributed by atoms with Gasteiger partial charge in [-0.15, -0.1) is 0 Å². The van der Waals surface area contributed by atoms with Crippen LogP contribution in [0.3, 0.4) is 0 Å². The van der Waals surface area contributed by atoms with Gasteiger partial charge < -0.3 is 5.32 Å². The molecule has 5 heteroatoms. The molecular weight excluding hydrogens is 290 g/mol. The summed E-state index contributed by atoms with van der Waals surface area (Å²) in [6, 6.07) is -0.223. The van der Waals surface area contributed by atoms with Gasteiger partial charge in [0.2, 0.25) is 0 Å². The van der Waals surface area contributed by atoms with Crippen LogP contribution in [0.1, 0.15) is 71.6 Å². The van der Waals surface area contributed by atoms with Gasteiger partial charge in [-0.3, -0.25) is 9.69 Å². The van der Waals surface area contributed by atoms with E-state index >= 15 is 0 Å². The summed E-state index contributed by atoms with van der Waals surface area (Å²) in [5, 5.41) is 2.94. The molecule has 2 rings (SSSR count). The Balaban J connectivity index is 1.73. The van der Waals surface area contributed by atoms with Gasteiger partial charge in [0, 0.05) is 0 Å². The molecule has 23 heavy (non-hydrogen) atoms. The average molecular weight is 323 g/mol. The largest absolute Gasteiger partial charge is 0.326 e. The number of nitrogens with one attached hydrogen (secondary N) is 1. The van der Waals surface area contributed by atoms with E-state index in [-0.39, 0.29) is 11.9 Å². The van der Waals surface area contributed by atoms with E-state index in [2.05, 4.69) is 17.1 Å². The van der Waals surface area contributed by atoms with Crippen LogP contribution in [0.5, 0.6) is 0 Å². The van der Waals surface area contributed by atoms with Gasteiger partial charge in [-0.2, -0.15) is 0 Å². The Hall–Kier alpha value is -1.10. The van der Waals surface area contributed by atoms with E-state index in [4.69, 9.17) is 0 Å². The Morgan fingerprint density at radius 3 is 2.43 bits per heavy atom. The van der Waals surface area contributed by atoms with Crippen molar-refractivity contribution in [3.05, 3.63) is 0 Å². The number of carbonyl (C=O) groups excluding carboxylic acids is 2. The summed E-state index contributed by atoms with van der Waals surface area (Å²) < 4.78 is 0. The summed E-state index contributed by atoms with van der Waals surface area (Å²) in [7, 11) is 1.99. The van der Waals surface area contributed by atoms with E-state index in [0.717, 1.165) is 25.8 Å². The highest BCUT2D eigenvalue weighted by molar-refractivity contribution is 6.07. The Morgan fingerprint density at radius 2 is 1.83 bits per heavy atom. The first kappa shape index (κ1) is 18.2. The molecule has 1 aliphatic heterocycles. The summed E-state index contributed by atoms with van der Waals surface area (Å²) in [5.41, 5.74) is -0.670. The van der Waals surface area contributed by atoms with Crippen molar-refractivity contribution < 1.29 is 9.59 Å². The van der Waals surface area contributed by atoms with E-state index in [1.165, 1.54) is 43.4 Å². The van der Waals surface area contributed by atoms with Crippen LogP contribution in [0.15, 0.2) is 0 Å². The maximum atomic E-state index is 12.7. The monoisotopic (exact) mass is 323 g/mol. The summed E-state index contributed by atoms with van der Waals surface area (Å²) in [6.07, 6.45) is 10.8. The molecule has 1 N–H and O–H groups in total. The number of carbonyl (C=O) groups is 2. The Bertz CT molecular complexity index is 422. The third kappa shape index (κ3) is 4.25. The van der Waals surface area contributed by atoms with Crippen LogP contribution in [-0.4, -0.2) is 47.5 Å². The highest BCUT2D eigenvalue weighted by Gasteiger charge is 2.53. The van der Waals surface area contributed by atoms with Crippen LogP contribution in [0, 0.1) is 5.92 Å². The maximum absolute atomic E-state index is 12.7. The fraction of sp³-hybridized carbons (Fsp3) is 0.889. The van der Waals surface area contributed by atoms with Crippen LogP contribution in [0.25, 0.3) is 0 Å². The third-order valence-corrected chi connectivity index (χ3v) is 5.50. The number of urea groups is 1. The zero-order valence-electron chi connectivity index (χ0n) is 15.1. The Kier molecular flexibility index (Phi) is 6.45. The van der Waals surface area contributed by atoms with Gasteiger partial charge in [-0.05, 0) is 45.7 Å². The molecule has 1 saturated heterocycles. The molecule has 0 aromatic heterocycles. The van der Waals surface area contributed by atoms with E-state index in [9.17, 15) is 9.59 Å². The molecule has 132 valence electrons. The number of rotatable bonds is 10. The molecule has 2 aliphatic rings. The molecule has 5 nitrogen and oxygen atoms in total. The summed E-state index contributed by atoms with van der Waals surface area (Å²) in [5.74, 6) is 0.273. The second-order valence-corrected chi connectivity index (χ2v) is 7.48. The van der Waals surface area contributed by atoms with Crippen LogP contribution < -0.4 is 5.32 Å². The van der Waals surface area contributed by atoms with Gasteiger partial charge in [0.15, 0.2) is 0 Å². The van der Waals surface area contributed by atoms with Crippen molar-refractivity contribution in [2.24, 2.45) is 5.92 Å². The molecule has 3 amide bonds. The van der Waals surface area contributed by atoms with Crippen LogP contribution in [0.4, 0.5) is 4.79 Å². The average Bonchev–Trinajstić information content (AvgIpc) is 2.64. The van der Waals surface area contributed by atoms with Crippen LogP contribution >= 0.6 is 0 Å². The lowest BCUT2D eigenvalue weighted by Gasteiger charge is -2.38. The number of amides is 3. The van der Waals surface area contributed by atoms with Gasteiger partial charge in [0.05, 0.1) is 6.67 Å². The summed E-state index contributed by atoms with van der Waals surface area (Å²) in [6.45, 7) is 5.46. The highest BCUT2D eigenvalue weighted by atomic mass is 16.2. The SMILES string of the molecule is CCCCCCCCN(C)CN1C(=O)NC(C)(C2CCC2)C1=O. The molecule has 1 saturated carbocycles. The fourth-order valence-electron chi connectivity index (χ4n) is 3.58. The fourth-order valence-corrected chi connectivity index (χ4v) is 3.58. The van der Waals surface area contributed by atoms with Crippen molar-refractivity contribution in [1.82, 2.24) is 15.1 Å². The van der Waals surface area contributed by atoms with Crippen molar-refractivity contribution in [3.63, 3.8) is 0 Å². The lowest BCUT2D eigenvalue weighted by Crippen LogP contribution is -2.53. The first-order chi connectivity index (χ1) is 11.0. The van der Waals surface area contributed by atoms with Gasteiger partial charge in [0.25, 0.3) is 5.91 Å². The molecule has 0 aromatic rings. The molecule has 0 spiro atoms. The van der Waals surface area contributed by atoms with E-state index < -0.39 is 5.54 Å². The molecule has 1 aliphatic carbocycles. The smallest absolute Gasteiger partial charge is 0.323 e. The summed E-state index contributed by atoms with van der Waals surface area (Å²) in [4.78, 5) is 28.4. The topological polar surface area (TPSA) is 52.6 Å². The van der Waals surface area contributed by atoms with Crippen molar-refractivity contribution in [1.29, 1.82) is 0 Å². The molecule has 0 bridgehead atoms. The molecule has 1 atom stereocenters. The predicted octanol–water partition coefficient (Wildman–Crippen LogP) is 3.35. The number of unbranched alkanes of at least 4 members (excludes halogenated alkanes) is 5. The lowest BCUT2D eigenvalue weighted by molar-refractivity contribution is -0.135. The number of hydrogen-bond donors (Lipinski definition) is 1. The minimum atomic E-state index is -0.670. The van der Waals surface area contributed by atoms with E-state index in [1.54, 1.807) is 0 Å². The molecule has 2 fully saturated rings. The van der Waals surface area contributed by atoms with Gasteiger partial charge in [-0.25, -0.2) is 9.69 Å². The zero-order valence-corrected chi connectivity index (χ0v) is 15.1. The van der Waals surface area contributed by atoms with Crippen molar-refractivity contribution in [3.8, 4) is 0 Å². The zero-order chi connectivity index (χ0) is 16.9.